The summed E-state index contributed by atoms with van der Waals surface area (Å²) in [6.45, 7) is 0. The molecule has 2 aromatic heterocycles. The molecule has 4 aromatic rings. The summed E-state index contributed by atoms with van der Waals surface area (Å²) in [5, 5.41) is 1.02. The molecule has 0 aliphatic heterocycles. The molecule has 20 heavy (non-hydrogen) atoms. The molecule has 2 aromatic carbocycles. The SMILES string of the molecule is CSc1ccccc1-c1nc2nc3ccccc3n2s1. The first kappa shape index (κ1) is 11.9. The molecule has 0 radical (unpaired) electrons. The van der Waals surface area contributed by atoms with E-state index in [0.717, 1.165) is 21.8 Å². The fourth-order valence-corrected chi connectivity index (χ4v) is 3.93. The predicted molar refractivity (Wildman–Crippen MR) is 85.6 cm³/mol. The Bertz CT molecular complexity index is 908. The number of thioether (sulfide) groups is 1. The summed E-state index contributed by atoms with van der Waals surface area (Å²) in [6, 6.07) is 16.5. The maximum Gasteiger partial charge on any atom is 0.246 e. The Hall–Kier alpha value is -1.85. The maximum atomic E-state index is 4.69. The largest absolute Gasteiger partial charge is 0.246 e. The van der Waals surface area contributed by atoms with Crippen LogP contribution in [0.2, 0.25) is 0 Å². The van der Waals surface area contributed by atoms with E-state index in [-0.39, 0.29) is 0 Å². The van der Waals surface area contributed by atoms with Gasteiger partial charge in [-0.3, -0.25) is 0 Å². The number of benzene rings is 2. The molecule has 0 saturated carbocycles. The highest BCUT2D eigenvalue weighted by atomic mass is 32.2. The van der Waals surface area contributed by atoms with Gasteiger partial charge in [0.2, 0.25) is 5.78 Å². The normalized spacial score (nSPS) is 11.4. The van der Waals surface area contributed by atoms with Gasteiger partial charge in [-0.1, -0.05) is 30.3 Å². The van der Waals surface area contributed by atoms with Crippen LogP contribution >= 0.6 is 23.3 Å². The zero-order valence-electron chi connectivity index (χ0n) is 10.8. The van der Waals surface area contributed by atoms with Crippen LogP contribution in [0, 0.1) is 0 Å². The Balaban J connectivity index is 1.97. The summed E-state index contributed by atoms with van der Waals surface area (Å²) in [4.78, 5) is 10.5. The number of rotatable bonds is 2. The summed E-state index contributed by atoms with van der Waals surface area (Å²) in [6.07, 6.45) is 2.09. The van der Waals surface area contributed by atoms with Gasteiger partial charge in [0.25, 0.3) is 0 Å². The quantitative estimate of drug-likeness (QED) is 0.516. The van der Waals surface area contributed by atoms with Crippen LogP contribution in [-0.4, -0.2) is 20.0 Å². The Kier molecular flexibility index (Phi) is 2.75. The smallest absolute Gasteiger partial charge is 0.229 e. The zero-order chi connectivity index (χ0) is 13.5. The highest BCUT2D eigenvalue weighted by Gasteiger charge is 2.13. The third-order valence-corrected chi connectivity index (χ3v) is 5.04. The van der Waals surface area contributed by atoms with Gasteiger partial charge in [-0.2, -0.15) is 4.98 Å². The second kappa shape index (κ2) is 4.61. The molecule has 0 aliphatic carbocycles. The minimum Gasteiger partial charge on any atom is -0.229 e. The van der Waals surface area contributed by atoms with E-state index >= 15 is 0 Å². The molecule has 3 nitrogen and oxygen atoms in total. The number of hydrogen-bond donors (Lipinski definition) is 0. The number of fused-ring (bicyclic) bond motifs is 3. The Morgan fingerprint density at radius 3 is 2.70 bits per heavy atom. The highest BCUT2D eigenvalue weighted by molar-refractivity contribution is 7.98. The predicted octanol–water partition coefficient (Wildman–Crippen LogP) is 4.33. The van der Waals surface area contributed by atoms with E-state index in [4.69, 9.17) is 0 Å². The number of aromatic nitrogens is 3. The van der Waals surface area contributed by atoms with Crippen LogP contribution in [0.5, 0.6) is 0 Å². The molecule has 0 unspecified atom stereocenters. The zero-order valence-corrected chi connectivity index (χ0v) is 12.4. The molecule has 98 valence electrons. The van der Waals surface area contributed by atoms with Crippen LogP contribution in [-0.2, 0) is 0 Å². The average Bonchev–Trinajstić information content (AvgIpc) is 3.04. The fourth-order valence-electron chi connectivity index (χ4n) is 2.28. The molecule has 0 fully saturated rings. The first-order valence-corrected chi connectivity index (χ1v) is 8.24. The maximum absolute atomic E-state index is 4.69. The summed E-state index contributed by atoms with van der Waals surface area (Å²) in [5.41, 5.74) is 3.29. The fraction of sp³-hybridized carbons (Fsp3) is 0.0667. The molecule has 0 bridgehead atoms. The van der Waals surface area contributed by atoms with E-state index in [2.05, 4.69) is 50.3 Å². The number of hydrogen-bond acceptors (Lipinski definition) is 4. The average molecular weight is 297 g/mol. The minimum atomic E-state index is 0.780. The van der Waals surface area contributed by atoms with Crippen molar-refractivity contribution in [1.29, 1.82) is 0 Å². The van der Waals surface area contributed by atoms with Gasteiger partial charge in [-0.25, -0.2) is 8.77 Å². The lowest BCUT2D eigenvalue weighted by Gasteiger charge is -2.02. The molecule has 4 rings (SSSR count). The van der Waals surface area contributed by atoms with Crippen molar-refractivity contribution < 1.29 is 0 Å². The van der Waals surface area contributed by atoms with Crippen molar-refractivity contribution in [3.8, 4) is 10.6 Å². The lowest BCUT2D eigenvalue weighted by Crippen LogP contribution is -1.80. The summed E-state index contributed by atoms with van der Waals surface area (Å²) in [5.74, 6) is 0.780. The molecular formula is C15H11N3S2. The molecule has 0 saturated heterocycles. The molecule has 0 amide bonds. The van der Waals surface area contributed by atoms with Gasteiger partial charge < -0.3 is 0 Å². The first-order valence-electron chi connectivity index (χ1n) is 6.25. The van der Waals surface area contributed by atoms with E-state index in [9.17, 15) is 0 Å². The third kappa shape index (κ3) is 1.74. The van der Waals surface area contributed by atoms with Crippen LogP contribution in [0.15, 0.2) is 53.4 Å². The van der Waals surface area contributed by atoms with Crippen molar-refractivity contribution in [1.82, 2.24) is 13.8 Å². The molecule has 0 aliphatic rings. The summed E-state index contributed by atoms with van der Waals surface area (Å²) in [7, 11) is 0. The van der Waals surface area contributed by atoms with Gasteiger partial charge in [-0.05, 0) is 36.0 Å². The second-order valence-electron chi connectivity index (χ2n) is 4.40. The van der Waals surface area contributed by atoms with Gasteiger partial charge in [-0.15, -0.1) is 11.8 Å². The molecule has 0 spiro atoms. The van der Waals surface area contributed by atoms with Gasteiger partial charge in [0.05, 0.1) is 11.0 Å². The molecule has 5 heteroatoms. The van der Waals surface area contributed by atoms with Crippen molar-refractivity contribution in [3.05, 3.63) is 48.5 Å². The topological polar surface area (TPSA) is 30.2 Å². The van der Waals surface area contributed by atoms with Crippen LogP contribution in [0.4, 0.5) is 0 Å². The lowest BCUT2D eigenvalue weighted by atomic mass is 10.2. The first-order chi connectivity index (χ1) is 9.86. The monoisotopic (exact) mass is 297 g/mol. The van der Waals surface area contributed by atoms with Crippen LogP contribution in [0.3, 0.4) is 0 Å². The summed E-state index contributed by atoms with van der Waals surface area (Å²) >= 11 is 3.39. The Labute approximate surface area is 124 Å². The van der Waals surface area contributed by atoms with E-state index in [0.29, 0.717) is 0 Å². The second-order valence-corrected chi connectivity index (χ2v) is 6.19. The number of nitrogens with zero attached hydrogens (tertiary/aromatic N) is 3. The van der Waals surface area contributed by atoms with E-state index in [1.54, 1.807) is 23.3 Å². The Morgan fingerprint density at radius 1 is 1.00 bits per heavy atom. The van der Waals surface area contributed by atoms with E-state index in [1.165, 1.54) is 10.5 Å². The van der Waals surface area contributed by atoms with Gasteiger partial charge in [0.15, 0.2) is 0 Å². The highest BCUT2D eigenvalue weighted by Crippen LogP contribution is 2.33. The van der Waals surface area contributed by atoms with E-state index < -0.39 is 0 Å². The molecular weight excluding hydrogens is 286 g/mol. The molecule has 2 heterocycles. The van der Waals surface area contributed by atoms with Crippen molar-refractivity contribution in [3.63, 3.8) is 0 Å². The number of para-hydroxylation sites is 2. The standard InChI is InChI=1S/C15H11N3S2/c1-19-13-9-5-2-6-10(13)14-17-15-16-11-7-3-4-8-12(11)18(15)20-14/h2-9H,1H3. The Morgan fingerprint density at radius 2 is 1.80 bits per heavy atom. The van der Waals surface area contributed by atoms with Gasteiger partial charge >= 0.3 is 0 Å². The van der Waals surface area contributed by atoms with Crippen molar-refractivity contribution in [2.45, 2.75) is 4.90 Å². The molecule has 0 N–H and O–H groups in total. The number of imidazole rings is 1. The third-order valence-electron chi connectivity index (χ3n) is 3.22. The van der Waals surface area contributed by atoms with Crippen molar-refractivity contribution in [2.75, 3.05) is 6.26 Å². The van der Waals surface area contributed by atoms with Gasteiger partial charge in [0.1, 0.15) is 5.01 Å². The van der Waals surface area contributed by atoms with E-state index in [1.807, 2.05) is 18.2 Å². The lowest BCUT2D eigenvalue weighted by molar-refractivity contribution is 1.29. The van der Waals surface area contributed by atoms with Crippen LogP contribution < -0.4 is 0 Å². The van der Waals surface area contributed by atoms with Crippen molar-refractivity contribution >= 4 is 40.1 Å². The van der Waals surface area contributed by atoms with Crippen LogP contribution in [0.1, 0.15) is 0 Å². The summed E-state index contributed by atoms with van der Waals surface area (Å²) < 4.78 is 2.10. The minimum absolute atomic E-state index is 0.780. The van der Waals surface area contributed by atoms with Crippen molar-refractivity contribution in [2.24, 2.45) is 0 Å². The molecule has 0 atom stereocenters. The van der Waals surface area contributed by atoms with Gasteiger partial charge in [0, 0.05) is 10.5 Å². The van der Waals surface area contributed by atoms with Crippen LogP contribution in [0.25, 0.3) is 27.4 Å².